The van der Waals surface area contributed by atoms with Crippen LogP contribution in [0, 0.1) is 0 Å². The molecule has 8 heteroatoms. The molecule has 1 fully saturated rings. The molecule has 1 N–H and O–H groups in total. The Morgan fingerprint density at radius 3 is 2.63 bits per heavy atom. The second-order valence-corrected chi connectivity index (χ2v) is 8.19. The van der Waals surface area contributed by atoms with Crippen LogP contribution in [0.3, 0.4) is 0 Å². The van der Waals surface area contributed by atoms with Gasteiger partial charge in [0.2, 0.25) is 5.91 Å². The van der Waals surface area contributed by atoms with E-state index in [1.165, 1.54) is 31.0 Å². The van der Waals surface area contributed by atoms with Gasteiger partial charge in [0, 0.05) is 12.2 Å². The van der Waals surface area contributed by atoms with Crippen molar-refractivity contribution < 1.29 is 9.53 Å². The first-order valence-electron chi connectivity index (χ1n) is 10.2. The van der Waals surface area contributed by atoms with Crippen LogP contribution in [-0.2, 0) is 4.79 Å². The standard InChI is InChI=1S/C22H25N5O2S/c1-29-18-12-10-17(11-13-18)27-21(19-9-5-6-14-23-19)25-26-22(27)30-15-20(28)24-16-7-3-2-4-8-16/h5-6,9-14,16H,2-4,7-8,15H2,1H3,(H,24,28). The van der Waals surface area contributed by atoms with Crippen molar-refractivity contribution in [3.63, 3.8) is 0 Å². The number of methoxy groups -OCH3 is 1. The van der Waals surface area contributed by atoms with E-state index in [-0.39, 0.29) is 5.91 Å². The highest BCUT2D eigenvalue weighted by molar-refractivity contribution is 7.99. The Kier molecular flexibility index (Phi) is 6.63. The van der Waals surface area contributed by atoms with Crippen LogP contribution in [-0.4, -0.2) is 44.6 Å². The molecule has 1 aromatic carbocycles. The fourth-order valence-electron chi connectivity index (χ4n) is 3.63. The van der Waals surface area contributed by atoms with Gasteiger partial charge < -0.3 is 10.1 Å². The van der Waals surface area contributed by atoms with Gasteiger partial charge in [0.15, 0.2) is 11.0 Å². The minimum absolute atomic E-state index is 0.0376. The molecule has 30 heavy (non-hydrogen) atoms. The van der Waals surface area contributed by atoms with Crippen LogP contribution in [0.1, 0.15) is 32.1 Å². The van der Waals surface area contributed by atoms with Crippen LogP contribution in [0.4, 0.5) is 0 Å². The highest BCUT2D eigenvalue weighted by Crippen LogP contribution is 2.28. The fourth-order valence-corrected chi connectivity index (χ4v) is 4.40. The minimum atomic E-state index is 0.0376. The van der Waals surface area contributed by atoms with E-state index in [2.05, 4.69) is 20.5 Å². The van der Waals surface area contributed by atoms with Gasteiger partial charge in [-0.25, -0.2) is 0 Å². The Morgan fingerprint density at radius 2 is 1.93 bits per heavy atom. The molecule has 4 rings (SSSR count). The lowest BCUT2D eigenvalue weighted by Crippen LogP contribution is -2.37. The monoisotopic (exact) mass is 423 g/mol. The molecule has 0 radical (unpaired) electrons. The Balaban J connectivity index is 1.56. The largest absolute Gasteiger partial charge is 0.497 e. The first kappa shape index (κ1) is 20.4. The molecule has 1 saturated carbocycles. The van der Waals surface area contributed by atoms with Crippen molar-refractivity contribution in [3.05, 3.63) is 48.7 Å². The van der Waals surface area contributed by atoms with Crippen LogP contribution in [0.2, 0.25) is 0 Å². The van der Waals surface area contributed by atoms with Gasteiger partial charge in [-0.05, 0) is 49.2 Å². The predicted molar refractivity (Wildman–Crippen MR) is 117 cm³/mol. The van der Waals surface area contributed by atoms with Crippen molar-refractivity contribution in [2.75, 3.05) is 12.9 Å². The summed E-state index contributed by atoms with van der Waals surface area (Å²) in [5, 5.41) is 12.5. The number of carbonyl (C=O) groups is 1. The Morgan fingerprint density at radius 1 is 1.13 bits per heavy atom. The van der Waals surface area contributed by atoms with Crippen molar-refractivity contribution in [1.82, 2.24) is 25.1 Å². The van der Waals surface area contributed by atoms with Gasteiger partial charge in [0.05, 0.1) is 18.6 Å². The molecule has 2 aromatic heterocycles. The predicted octanol–water partition coefficient (Wildman–Crippen LogP) is 3.88. The molecule has 1 aliphatic carbocycles. The Bertz CT molecular complexity index is 969. The van der Waals surface area contributed by atoms with E-state index in [9.17, 15) is 4.79 Å². The zero-order valence-electron chi connectivity index (χ0n) is 17.0. The number of nitrogens with one attached hydrogen (secondary N) is 1. The number of hydrogen-bond acceptors (Lipinski definition) is 6. The third kappa shape index (κ3) is 4.81. The summed E-state index contributed by atoms with van der Waals surface area (Å²) in [4.78, 5) is 16.9. The van der Waals surface area contributed by atoms with Crippen molar-refractivity contribution in [3.8, 4) is 23.0 Å². The normalized spacial score (nSPS) is 14.4. The van der Waals surface area contributed by atoms with Gasteiger partial charge in [-0.3, -0.25) is 14.3 Å². The molecule has 1 aliphatic rings. The van der Waals surface area contributed by atoms with E-state index >= 15 is 0 Å². The highest BCUT2D eigenvalue weighted by Gasteiger charge is 2.20. The molecule has 1 amide bonds. The van der Waals surface area contributed by atoms with Gasteiger partial charge in [0.1, 0.15) is 11.4 Å². The summed E-state index contributed by atoms with van der Waals surface area (Å²) in [6.45, 7) is 0. The molecule has 0 atom stereocenters. The second kappa shape index (κ2) is 9.75. The van der Waals surface area contributed by atoms with Crippen LogP contribution in [0.5, 0.6) is 5.75 Å². The molecule has 2 heterocycles. The summed E-state index contributed by atoms with van der Waals surface area (Å²) >= 11 is 1.38. The van der Waals surface area contributed by atoms with Crippen LogP contribution in [0.15, 0.2) is 53.8 Å². The number of carbonyl (C=O) groups excluding carboxylic acids is 1. The number of nitrogens with zero attached hydrogens (tertiary/aromatic N) is 4. The maximum absolute atomic E-state index is 12.5. The van der Waals surface area contributed by atoms with Gasteiger partial charge in [-0.15, -0.1) is 10.2 Å². The number of amides is 1. The summed E-state index contributed by atoms with van der Waals surface area (Å²) in [6.07, 6.45) is 7.52. The van der Waals surface area contributed by atoms with E-state index in [0.29, 0.717) is 22.8 Å². The number of hydrogen-bond donors (Lipinski definition) is 1. The maximum Gasteiger partial charge on any atom is 0.230 e. The first-order valence-corrected chi connectivity index (χ1v) is 11.2. The third-order valence-electron chi connectivity index (χ3n) is 5.16. The topological polar surface area (TPSA) is 81.9 Å². The van der Waals surface area contributed by atoms with Crippen molar-refractivity contribution in [1.29, 1.82) is 0 Å². The molecule has 7 nitrogen and oxygen atoms in total. The van der Waals surface area contributed by atoms with E-state index in [4.69, 9.17) is 4.74 Å². The van der Waals surface area contributed by atoms with Crippen molar-refractivity contribution in [2.24, 2.45) is 0 Å². The summed E-state index contributed by atoms with van der Waals surface area (Å²) in [5.41, 5.74) is 1.61. The Labute approximate surface area is 180 Å². The van der Waals surface area contributed by atoms with Gasteiger partial charge >= 0.3 is 0 Å². The second-order valence-electron chi connectivity index (χ2n) is 7.25. The highest BCUT2D eigenvalue weighted by atomic mass is 32.2. The summed E-state index contributed by atoms with van der Waals surface area (Å²) < 4.78 is 7.20. The molecule has 0 unspecified atom stereocenters. The van der Waals surface area contributed by atoms with E-state index in [0.717, 1.165) is 30.0 Å². The number of ether oxygens (including phenoxy) is 1. The van der Waals surface area contributed by atoms with Crippen LogP contribution >= 0.6 is 11.8 Å². The number of rotatable bonds is 7. The number of thioether (sulfide) groups is 1. The fraction of sp³-hybridized carbons (Fsp3) is 0.364. The lowest BCUT2D eigenvalue weighted by atomic mass is 9.95. The molecular formula is C22H25N5O2S. The number of aromatic nitrogens is 4. The smallest absolute Gasteiger partial charge is 0.230 e. The SMILES string of the molecule is COc1ccc(-n2c(SCC(=O)NC3CCCCC3)nnc2-c2ccccn2)cc1. The first-order chi connectivity index (χ1) is 14.7. The van der Waals surface area contributed by atoms with Crippen LogP contribution < -0.4 is 10.1 Å². The summed E-state index contributed by atoms with van der Waals surface area (Å²) in [5.74, 6) is 1.74. The molecule has 156 valence electrons. The molecule has 0 aliphatic heterocycles. The van der Waals surface area contributed by atoms with E-state index < -0.39 is 0 Å². The average molecular weight is 424 g/mol. The minimum Gasteiger partial charge on any atom is -0.497 e. The average Bonchev–Trinajstić information content (AvgIpc) is 3.23. The van der Waals surface area contributed by atoms with Crippen molar-refractivity contribution >= 4 is 17.7 Å². The summed E-state index contributed by atoms with van der Waals surface area (Å²) in [6, 6.07) is 13.7. The lowest BCUT2D eigenvalue weighted by molar-refractivity contribution is -0.119. The van der Waals surface area contributed by atoms with Gasteiger partial charge in [-0.2, -0.15) is 0 Å². The van der Waals surface area contributed by atoms with E-state index in [1.54, 1.807) is 13.3 Å². The summed E-state index contributed by atoms with van der Waals surface area (Å²) in [7, 11) is 1.64. The molecule has 0 bridgehead atoms. The van der Waals surface area contributed by atoms with E-state index in [1.807, 2.05) is 47.0 Å². The maximum atomic E-state index is 12.5. The van der Waals surface area contributed by atoms with Crippen molar-refractivity contribution in [2.45, 2.75) is 43.3 Å². The zero-order valence-corrected chi connectivity index (χ0v) is 17.8. The number of pyridine rings is 1. The quantitative estimate of drug-likeness (QED) is 0.581. The van der Waals surface area contributed by atoms with Gasteiger partial charge in [-0.1, -0.05) is 37.1 Å². The number of benzene rings is 1. The third-order valence-corrected chi connectivity index (χ3v) is 6.09. The Hall–Kier alpha value is -2.87. The molecule has 3 aromatic rings. The molecular weight excluding hydrogens is 398 g/mol. The zero-order chi connectivity index (χ0) is 20.8. The van der Waals surface area contributed by atoms with Gasteiger partial charge in [0.25, 0.3) is 0 Å². The molecule has 0 saturated heterocycles. The molecule has 0 spiro atoms. The van der Waals surface area contributed by atoms with Crippen LogP contribution in [0.25, 0.3) is 17.2 Å². The lowest BCUT2D eigenvalue weighted by Gasteiger charge is -2.22.